The molecule has 2 amide bonds. The van der Waals surface area contributed by atoms with Crippen LogP contribution in [0.15, 0.2) is 77.3 Å². The predicted molar refractivity (Wildman–Crippen MR) is 148 cm³/mol. The van der Waals surface area contributed by atoms with Crippen LogP contribution in [0.3, 0.4) is 0 Å². The number of hydrogen-bond donors (Lipinski definition) is 1. The van der Waals surface area contributed by atoms with Crippen LogP contribution >= 0.6 is 39.1 Å². The number of benzene rings is 3. The van der Waals surface area contributed by atoms with Gasteiger partial charge in [-0.25, -0.2) is 0 Å². The summed E-state index contributed by atoms with van der Waals surface area (Å²) in [5.41, 5.74) is 1.71. The van der Waals surface area contributed by atoms with Gasteiger partial charge in [0.05, 0.1) is 10.0 Å². The second kappa shape index (κ2) is 13.7. The third kappa shape index (κ3) is 8.26. The Morgan fingerprint density at radius 2 is 1.67 bits per heavy atom. The zero-order chi connectivity index (χ0) is 26.1. The number of nitrogens with zero attached hydrogens (tertiary/aromatic N) is 1. The molecule has 2 unspecified atom stereocenters. The maximum absolute atomic E-state index is 13.6. The molecule has 2 atom stereocenters. The van der Waals surface area contributed by atoms with Gasteiger partial charge in [-0.05, 0) is 60.9 Å². The first kappa shape index (κ1) is 28.0. The van der Waals surface area contributed by atoms with E-state index in [0.29, 0.717) is 22.2 Å². The first-order valence-electron chi connectivity index (χ1n) is 11.7. The number of rotatable bonds is 11. The molecular formula is C28H29BrCl2N2O3. The van der Waals surface area contributed by atoms with E-state index in [1.165, 1.54) is 0 Å². The first-order chi connectivity index (χ1) is 17.3. The van der Waals surface area contributed by atoms with Gasteiger partial charge in [0, 0.05) is 23.5 Å². The summed E-state index contributed by atoms with van der Waals surface area (Å²) in [5.74, 6) is 0.0270. The summed E-state index contributed by atoms with van der Waals surface area (Å²) < 4.78 is 6.69. The molecule has 8 heteroatoms. The van der Waals surface area contributed by atoms with Crippen molar-refractivity contribution in [1.82, 2.24) is 10.2 Å². The van der Waals surface area contributed by atoms with Crippen molar-refractivity contribution in [2.24, 2.45) is 0 Å². The molecule has 3 aromatic carbocycles. The molecule has 36 heavy (non-hydrogen) atoms. The Labute approximate surface area is 230 Å². The van der Waals surface area contributed by atoms with Crippen molar-refractivity contribution < 1.29 is 14.3 Å². The number of halogens is 3. The average Bonchev–Trinajstić information content (AvgIpc) is 2.88. The third-order valence-electron chi connectivity index (χ3n) is 5.79. The molecular weight excluding hydrogens is 563 g/mol. The van der Waals surface area contributed by atoms with Gasteiger partial charge in [-0.3, -0.25) is 9.59 Å². The Morgan fingerprint density at radius 1 is 0.972 bits per heavy atom. The van der Waals surface area contributed by atoms with Gasteiger partial charge >= 0.3 is 0 Å². The maximum atomic E-state index is 13.6. The van der Waals surface area contributed by atoms with Crippen LogP contribution in [0.2, 0.25) is 10.0 Å². The molecule has 0 fully saturated rings. The largest absolute Gasteiger partial charge is 0.484 e. The molecule has 5 nitrogen and oxygen atoms in total. The normalized spacial score (nSPS) is 12.5. The molecule has 190 valence electrons. The number of carbonyl (C=O) groups is 2. The highest BCUT2D eigenvalue weighted by atomic mass is 79.9. The summed E-state index contributed by atoms with van der Waals surface area (Å²) in [6.07, 6.45) is 1.13. The fourth-order valence-corrected chi connectivity index (χ4v) is 4.17. The van der Waals surface area contributed by atoms with E-state index in [2.05, 4.69) is 21.2 Å². The van der Waals surface area contributed by atoms with Crippen LogP contribution in [0, 0.1) is 0 Å². The SMILES string of the molecule is CCC(C)NC(=O)C(Cc1ccccc1)N(Cc1ccc(Cl)c(Cl)c1)C(=O)COc1ccc(Br)cc1. The highest BCUT2D eigenvalue weighted by molar-refractivity contribution is 9.10. The minimum absolute atomic E-state index is 0.0308. The van der Waals surface area contributed by atoms with Crippen LogP contribution in [-0.4, -0.2) is 35.4 Å². The van der Waals surface area contributed by atoms with E-state index < -0.39 is 6.04 Å². The zero-order valence-corrected chi connectivity index (χ0v) is 23.3. The van der Waals surface area contributed by atoms with Crippen LogP contribution in [-0.2, 0) is 22.6 Å². The predicted octanol–water partition coefficient (Wildman–Crippen LogP) is 6.69. The molecule has 0 spiro atoms. The number of nitrogens with one attached hydrogen (secondary N) is 1. The van der Waals surface area contributed by atoms with Gasteiger partial charge in [-0.15, -0.1) is 0 Å². The second-order valence-electron chi connectivity index (χ2n) is 8.54. The van der Waals surface area contributed by atoms with Crippen molar-refractivity contribution in [1.29, 1.82) is 0 Å². The van der Waals surface area contributed by atoms with Gasteiger partial charge in [0.1, 0.15) is 11.8 Å². The average molecular weight is 592 g/mol. The van der Waals surface area contributed by atoms with Gasteiger partial charge in [-0.2, -0.15) is 0 Å². The minimum atomic E-state index is -0.753. The molecule has 0 saturated carbocycles. The van der Waals surface area contributed by atoms with Crippen LogP contribution in [0.5, 0.6) is 5.75 Å². The monoisotopic (exact) mass is 590 g/mol. The van der Waals surface area contributed by atoms with E-state index >= 15 is 0 Å². The van der Waals surface area contributed by atoms with Crippen molar-refractivity contribution in [2.75, 3.05) is 6.61 Å². The molecule has 1 N–H and O–H groups in total. The molecule has 0 aliphatic heterocycles. The van der Waals surface area contributed by atoms with E-state index in [9.17, 15) is 9.59 Å². The molecule has 0 aromatic heterocycles. The Balaban J connectivity index is 1.92. The fourth-order valence-electron chi connectivity index (χ4n) is 3.59. The molecule has 0 aliphatic carbocycles. The summed E-state index contributed by atoms with van der Waals surface area (Å²) in [5, 5.41) is 3.85. The van der Waals surface area contributed by atoms with E-state index in [4.69, 9.17) is 27.9 Å². The molecule has 3 rings (SSSR count). The highest BCUT2D eigenvalue weighted by Gasteiger charge is 2.31. The van der Waals surface area contributed by atoms with Gasteiger partial charge in [-0.1, -0.05) is 82.5 Å². The number of carbonyl (C=O) groups excluding carboxylic acids is 2. The first-order valence-corrected chi connectivity index (χ1v) is 13.3. The van der Waals surface area contributed by atoms with Crippen molar-refractivity contribution in [2.45, 2.75) is 45.3 Å². The van der Waals surface area contributed by atoms with Gasteiger partial charge in [0.25, 0.3) is 5.91 Å². The van der Waals surface area contributed by atoms with E-state index in [0.717, 1.165) is 22.0 Å². The van der Waals surface area contributed by atoms with Crippen molar-refractivity contribution in [3.63, 3.8) is 0 Å². The molecule has 0 heterocycles. The molecule has 0 bridgehead atoms. The third-order valence-corrected chi connectivity index (χ3v) is 7.05. The van der Waals surface area contributed by atoms with Crippen LogP contribution < -0.4 is 10.1 Å². The number of ether oxygens (including phenoxy) is 1. The highest BCUT2D eigenvalue weighted by Crippen LogP contribution is 2.24. The summed E-state index contributed by atoms with van der Waals surface area (Å²) in [4.78, 5) is 28.6. The lowest BCUT2D eigenvalue weighted by Gasteiger charge is -2.32. The Bertz CT molecular complexity index is 1160. The summed E-state index contributed by atoms with van der Waals surface area (Å²) >= 11 is 15.7. The van der Waals surface area contributed by atoms with Crippen LogP contribution in [0.1, 0.15) is 31.4 Å². The van der Waals surface area contributed by atoms with Crippen molar-refractivity contribution in [3.05, 3.63) is 98.4 Å². The standard InChI is InChI=1S/C28H29BrCl2N2O3/c1-3-19(2)32-28(35)26(16-20-7-5-4-6-8-20)33(17-21-9-14-24(30)25(31)15-21)27(34)18-36-23-12-10-22(29)11-13-23/h4-15,19,26H,3,16-18H2,1-2H3,(H,32,35). The topological polar surface area (TPSA) is 58.6 Å². The lowest BCUT2D eigenvalue weighted by atomic mass is 10.0. The Kier molecular flexibility index (Phi) is 10.7. The zero-order valence-electron chi connectivity index (χ0n) is 20.2. The van der Waals surface area contributed by atoms with Crippen molar-refractivity contribution >= 4 is 50.9 Å². The van der Waals surface area contributed by atoms with E-state index in [1.807, 2.05) is 56.3 Å². The lowest BCUT2D eigenvalue weighted by molar-refractivity contribution is -0.143. The molecule has 0 aliphatic rings. The van der Waals surface area contributed by atoms with Gasteiger partial charge in [0.15, 0.2) is 6.61 Å². The number of hydrogen-bond acceptors (Lipinski definition) is 3. The van der Waals surface area contributed by atoms with E-state index in [-0.39, 0.29) is 31.0 Å². The molecule has 3 aromatic rings. The summed E-state index contributed by atoms with van der Waals surface area (Å²) in [6, 6.07) is 21.3. The minimum Gasteiger partial charge on any atom is -0.484 e. The quantitative estimate of drug-likeness (QED) is 0.270. The lowest BCUT2D eigenvalue weighted by Crippen LogP contribution is -2.53. The number of amides is 2. The molecule has 0 saturated heterocycles. The van der Waals surface area contributed by atoms with Crippen molar-refractivity contribution in [3.8, 4) is 5.75 Å². The van der Waals surface area contributed by atoms with Gasteiger partial charge < -0.3 is 15.0 Å². The fraction of sp³-hybridized carbons (Fsp3) is 0.286. The van der Waals surface area contributed by atoms with Crippen LogP contribution in [0.4, 0.5) is 0 Å². The maximum Gasteiger partial charge on any atom is 0.261 e. The van der Waals surface area contributed by atoms with Gasteiger partial charge in [0.2, 0.25) is 5.91 Å². The smallest absolute Gasteiger partial charge is 0.261 e. The Morgan fingerprint density at radius 3 is 2.31 bits per heavy atom. The Hall–Kier alpha value is -2.54. The molecule has 0 radical (unpaired) electrons. The second-order valence-corrected chi connectivity index (χ2v) is 10.3. The van der Waals surface area contributed by atoms with Crippen LogP contribution in [0.25, 0.3) is 0 Å². The summed E-state index contributed by atoms with van der Waals surface area (Å²) in [7, 11) is 0. The summed E-state index contributed by atoms with van der Waals surface area (Å²) in [6.45, 7) is 3.90. The van der Waals surface area contributed by atoms with E-state index in [1.54, 1.807) is 35.2 Å².